The molecule has 4 rings (SSSR count). The number of nitrogens with zero attached hydrogens (tertiary/aromatic N) is 1. The predicted octanol–water partition coefficient (Wildman–Crippen LogP) is 3.36. The van der Waals surface area contributed by atoms with Gasteiger partial charge in [0, 0.05) is 0 Å². The maximum absolute atomic E-state index is 13.2. The normalized spacial score (nSPS) is 19.8. The van der Waals surface area contributed by atoms with E-state index in [-0.39, 0.29) is 13.2 Å². The van der Waals surface area contributed by atoms with Gasteiger partial charge in [-0.2, -0.15) is 0 Å². The molecule has 0 unspecified atom stereocenters. The van der Waals surface area contributed by atoms with Crippen LogP contribution in [0.5, 0.6) is 5.75 Å². The molecule has 0 radical (unpaired) electrons. The van der Waals surface area contributed by atoms with Crippen LogP contribution in [0.25, 0.3) is 10.8 Å². The smallest absolute Gasteiger partial charge is 0.325 e. The van der Waals surface area contributed by atoms with E-state index in [0.717, 1.165) is 26.8 Å². The fourth-order valence-electron chi connectivity index (χ4n) is 3.87. The van der Waals surface area contributed by atoms with Crippen LogP contribution in [0.1, 0.15) is 18.1 Å². The Morgan fingerprint density at radius 3 is 2.60 bits per heavy atom. The fraction of sp³-hybridized carbons (Fsp3) is 0.250. The first-order chi connectivity index (χ1) is 14.4. The van der Waals surface area contributed by atoms with Gasteiger partial charge in [0.25, 0.3) is 5.91 Å². The van der Waals surface area contributed by atoms with E-state index < -0.39 is 23.6 Å². The molecule has 1 aliphatic rings. The van der Waals surface area contributed by atoms with E-state index in [1.807, 2.05) is 67.6 Å². The highest BCUT2D eigenvalue weighted by atomic mass is 16.5. The van der Waals surface area contributed by atoms with Crippen LogP contribution in [0.15, 0.2) is 66.7 Å². The number of rotatable bonds is 6. The molecule has 1 fully saturated rings. The van der Waals surface area contributed by atoms with Crippen LogP contribution in [-0.4, -0.2) is 41.2 Å². The molecule has 0 saturated carbocycles. The number of carbonyl (C=O) groups is 2. The molecule has 1 saturated heterocycles. The first-order valence-corrected chi connectivity index (χ1v) is 9.88. The lowest BCUT2D eigenvalue weighted by Crippen LogP contribution is -2.43. The molecule has 1 aliphatic heterocycles. The first kappa shape index (κ1) is 19.9. The lowest BCUT2D eigenvalue weighted by molar-refractivity contribution is -0.132. The van der Waals surface area contributed by atoms with Crippen molar-refractivity contribution >= 4 is 22.7 Å². The lowest BCUT2D eigenvalue weighted by atomic mass is 9.88. The molecule has 3 aromatic rings. The molecular formula is C24H24N2O4. The fourth-order valence-corrected chi connectivity index (χ4v) is 3.87. The Bertz CT molecular complexity index is 1110. The van der Waals surface area contributed by atoms with Gasteiger partial charge in [0.05, 0.1) is 6.54 Å². The molecule has 1 heterocycles. The first-order valence-electron chi connectivity index (χ1n) is 9.88. The van der Waals surface area contributed by atoms with Gasteiger partial charge >= 0.3 is 6.03 Å². The Labute approximate surface area is 175 Å². The third-order valence-electron chi connectivity index (χ3n) is 5.43. The standard InChI is InChI=1S/C24H24N2O4/c1-16-7-5-10-19(13-16)30-15-18(27)14-26-22(28)24(2,25-23(26)29)21-12-6-9-17-8-3-4-11-20(17)21/h3-13,18,27H,14-15H2,1-2H3,(H,25,29)/t18-,24-/m0/s1. The number of fused-ring (bicyclic) bond motifs is 1. The molecule has 0 bridgehead atoms. The summed E-state index contributed by atoms with van der Waals surface area (Å²) in [4.78, 5) is 26.9. The van der Waals surface area contributed by atoms with Crippen molar-refractivity contribution in [3.63, 3.8) is 0 Å². The average Bonchev–Trinajstić information content (AvgIpc) is 2.95. The van der Waals surface area contributed by atoms with E-state index in [1.165, 1.54) is 0 Å². The van der Waals surface area contributed by atoms with Gasteiger partial charge in [-0.3, -0.25) is 9.69 Å². The van der Waals surface area contributed by atoms with Crippen LogP contribution in [-0.2, 0) is 10.3 Å². The SMILES string of the molecule is Cc1cccc(OC[C@@H](O)CN2C(=O)N[C@@](C)(c3cccc4ccccc34)C2=O)c1. The van der Waals surface area contributed by atoms with Crippen molar-refractivity contribution in [2.45, 2.75) is 25.5 Å². The summed E-state index contributed by atoms with van der Waals surface area (Å²) in [7, 11) is 0. The maximum Gasteiger partial charge on any atom is 0.325 e. The van der Waals surface area contributed by atoms with E-state index >= 15 is 0 Å². The number of benzene rings is 3. The van der Waals surface area contributed by atoms with E-state index in [2.05, 4.69) is 5.32 Å². The minimum Gasteiger partial charge on any atom is -0.491 e. The second-order valence-corrected chi connectivity index (χ2v) is 7.78. The summed E-state index contributed by atoms with van der Waals surface area (Å²) in [6, 6.07) is 20.4. The highest BCUT2D eigenvalue weighted by Crippen LogP contribution is 2.33. The van der Waals surface area contributed by atoms with E-state index in [4.69, 9.17) is 4.74 Å². The minimum atomic E-state index is -1.20. The molecule has 0 spiro atoms. The summed E-state index contributed by atoms with van der Waals surface area (Å²) in [5.41, 5.74) is 0.573. The molecule has 30 heavy (non-hydrogen) atoms. The van der Waals surface area contributed by atoms with Crippen molar-refractivity contribution in [1.29, 1.82) is 0 Å². The number of carbonyl (C=O) groups excluding carboxylic acids is 2. The summed E-state index contributed by atoms with van der Waals surface area (Å²) in [6.07, 6.45) is -1.00. The number of imide groups is 1. The van der Waals surface area contributed by atoms with E-state index in [1.54, 1.807) is 13.0 Å². The van der Waals surface area contributed by atoms with Crippen molar-refractivity contribution < 1.29 is 19.4 Å². The number of aliphatic hydroxyl groups is 1. The number of hydrogen-bond acceptors (Lipinski definition) is 4. The third kappa shape index (κ3) is 3.62. The van der Waals surface area contributed by atoms with Gasteiger partial charge < -0.3 is 15.2 Å². The lowest BCUT2D eigenvalue weighted by Gasteiger charge is -2.24. The molecule has 3 aromatic carbocycles. The van der Waals surface area contributed by atoms with Crippen LogP contribution < -0.4 is 10.1 Å². The van der Waals surface area contributed by atoms with Crippen LogP contribution >= 0.6 is 0 Å². The van der Waals surface area contributed by atoms with Crippen molar-refractivity contribution in [2.75, 3.05) is 13.2 Å². The summed E-state index contributed by atoms with van der Waals surface area (Å²) in [6.45, 7) is 3.48. The number of amides is 3. The zero-order valence-corrected chi connectivity index (χ0v) is 17.0. The Kier molecular flexibility index (Phi) is 5.18. The molecular weight excluding hydrogens is 380 g/mol. The summed E-state index contributed by atoms with van der Waals surface area (Å²) >= 11 is 0. The van der Waals surface area contributed by atoms with Gasteiger partial charge in [-0.05, 0) is 47.9 Å². The number of nitrogens with one attached hydrogen (secondary N) is 1. The number of aliphatic hydroxyl groups excluding tert-OH is 1. The molecule has 6 heteroatoms. The zero-order chi connectivity index (χ0) is 21.3. The monoisotopic (exact) mass is 404 g/mol. The van der Waals surface area contributed by atoms with E-state index in [9.17, 15) is 14.7 Å². The molecule has 2 N–H and O–H groups in total. The van der Waals surface area contributed by atoms with Crippen LogP contribution in [0.3, 0.4) is 0 Å². The summed E-state index contributed by atoms with van der Waals surface area (Å²) in [5.74, 6) is 0.241. The third-order valence-corrected chi connectivity index (χ3v) is 5.43. The Morgan fingerprint density at radius 1 is 1.07 bits per heavy atom. The van der Waals surface area contributed by atoms with Crippen molar-refractivity contribution in [2.24, 2.45) is 0 Å². The number of ether oxygens (including phenoxy) is 1. The number of urea groups is 1. The summed E-state index contributed by atoms with van der Waals surface area (Å²) in [5, 5.41) is 15.1. The van der Waals surface area contributed by atoms with Crippen LogP contribution in [0.4, 0.5) is 4.79 Å². The second kappa shape index (κ2) is 7.80. The van der Waals surface area contributed by atoms with Crippen molar-refractivity contribution in [3.05, 3.63) is 77.9 Å². The van der Waals surface area contributed by atoms with Gasteiger partial charge in [-0.25, -0.2) is 4.79 Å². The van der Waals surface area contributed by atoms with Gasteiger partial charge in [-0.1, -0.05) is 54.6 Å². The average molecular weight is 404 g/mol. The van der Waals surface area contributed by atoms with Gasteiger partial charge in [-0.15, -0.1) is 0 Å². The maximum atomic E-state index is 13.2. The molecule has 0 aromatic heterocycles. The quantitative estimate of drug-likeness (QED) is 0.618. The Morgan fingerprint density at radius 2 is 1.80 bits per heavy atom. The highest BCUT2D eigenvalue weighted by molar-refractivity contribution is 6.09. The molecule has 2 atom stereocenters. The van der Waals surface area contributed by atoms with Gasteiger partial charge in [0.1, 0.15) is 24.0 Å². The minimum absolute atomic E-state index is 0.0223. The highest BCUT2D eigenvalue weighted by Gasteiger charge is 2.49. The van der Waals surface area contributed by atoms with Crippen molar-refractivity contribution in [1.82, 2.24) is 10.2 Å². The molecule has 3 amide bonds. The van der Waals surface area contributed by atoms with Gasteiger partial charge in [0.2, 0.25) is 0 Å². The Balaban J connectivity index is 1.51. The van der Waals surface area contributed by atoms with Crippen LogP contribution in [0.2, 0.25) is 0 Å². The topological polar surface area (TPSA) is 78.9 Å². The van der Waals surface area contributed by atoms with E-state index in [0.29, 0.717) is 5.75 Å². The number of β-amino-alcohol motifs (C(OH)–C–C–N with tert-alkyl or cyclic N) is 1. The Hall–Kier alpha value is -3.38. The molecule has 6 nitrogen and oxygen atoms in total. The van der Waals surface area contributed by atoms with Crippen molar-refractivity contribution in [3.8, 4) is 5.75 Å². The number of hydrogen-bond donors (Lipinski definition) is 2. The predicted molar refractivity (Wildman–Crippen MR) is 114 cm³/mol. The molecule has 0 aliphatic carbocycles. The number of aryl methyl sites for hydroxylation is 1. The van der Waals surface area contributed by atoms with Gasteiger partial charge in [0.15, 0.2) is 0 Å². The zero-order valence-electron chi connectivity index (χ0n) is 17.0. The second-order valence-electron chi connectivity index (χ2n) is 7.78. The summed E-state index contributed by atoms with van der Waals surface area (Å²) < 4.78 is 5.60. The van der Waals surface area contributed by atoms with Crippen LogP contribution in [0, 0.1) is 6.92 Å². The largest absolute Gasteiger partial charge is 0.491 e. The molecule has 154 valence electrons.